The quantitative estimate of drug-likeness (QED) is 0.386. The fraction of sp³-hybridized carbons (Fsp3) is 0.650. The van der Waals surface area contributed by atoms with E-state index in [1.165, 1.54) is 12.8 Å². The van der Waals surface area contributed by atoms with Gasteiger partial charge in [-0.3, -0.25) is 4.79 Å². The van der Waals surface area contributed by atoms with Crippen molar-refractivity contribution < 1.29 is 38.0 Å². The molecule has 0 aromatic heterocycles. The molecule has 1 aromatic carbocycles. The van der Waals surface area contributed by atoms with Gasteiger partial charge < -0.3 is 33.2 Å². The van der Waals surface area contributed by atoms with Crippen molar-refractivity contribution in [2.75, 3.05) is 27.2 Å². The average Bonchev–Trinajstić information content (AvgIpc) is 3.17. The van der Waals surface area contributed by atoms with Crippen LogP contribution in [0.3, 0.4) is 0 Å². The fourth-order valence-corrected chi connectivity index (χ4v) is 4.41. The maximum Gasteiger partial charge on any atom is 0.317 e. The van der Waals surface area contributed by atoms with Crippen LogP contribution >= 0.6 is 0 Å². The van der Waals surface area contributed by atoms with Crippen LogP contribution in [0.5, 0.6) is 0 Å². The summed E-state index contributed by atoms with van der Waals surface area (Å²) < 4.78 is 6.97. The molecule has 0 amide bonds. The lowest BCUT2D eigenvalue weighted by Gasteiger charge is -2.34. The molecule has 4 heteroatoms. The smallest absolute Gasteiger partial charge is 0.317 e. The standard InChI is InChI=1S/C20H30NO2.HI/c1-20(17-11-7-8-12-17,16-9-5-4-6-10-16)19(22)23-18-13-14-21(2,3)15-18;/h4-6,9-10,17-18H,7-8,11-15H2,1-3H3;1H/q+1;/p-1/t18-,20-;/m0./s1. The number of ether oxygens (including phenoxy) is 1. The summed E-state index contributed by atoms with van der Waals surface area (Å²) in [5.41, 5.74) is 0.612. The summed E-state index contributed by atoms with van der Waals surface area (Å²) >= 11 is 0. The van der Waals surface area contributed by atoms with Gasteiger partial charge in [0, 0.05) is 6.42 Å². The molecule has 1 saturated carbocycles. The van der Waals surface area contributed by atoms with Gasteiger partial charge in [-0.2, -0.15) is 0 Å². The third kappa shape index (κ3) is 3.96. The molecule has 1 heterocycles. The number of quaternary nitrogens is 1. The maximum absolute atomic E-state index is 13.2. The predicted octanol–water partition coefficient (Wildman–Crippen LogP) is 0.530. The molecule has 0 radical (unpaired) electrons. The number of likely N-dealkylation sites (N-methyl/N-ethyl adjacent to an activating group) is 1. The highest BCUT2D eigenvalue weighted by Gasteiger charge is 2.47. The number of likely N-dealkylation sites (tertiary alicyclic amines) is 1. The largest absolute Gasteiger partial charge is 1.00 e. The minimum absolute atomic E-state index is 0. The molecule has 1 aromatic rings. The molecule has 1 aliphatic heterocycles. The highest BCUT2D eigenvalue weighted by molar-refractivity contribution is 5.83. The van der Waals surface area contributed by atoms with E-state index in [9.17, 15) is 4.79 Å². The van der Waals surface area contributed by atoms with Crippen LogP contribution in [0.1, 0.15) is 44.6 Å². The van der Waals surface area contributed by atoms with Crippen molar-refractivity contribution in [3.63, 3.8) is 0 Å². The number of nitrogens with zero attached hydrogens (tertiary/aromatic N) is 1. The van der Waals surface area contributed by atoms with Gasteiger partial charge >= 0.3 is 5.97 Å². The Hall–Kier alpha value is -0.620. The van der Waals surface area contributed by atoms with Crippen LogP contribution in [0.2, 0.25) is 0 Å². The highest BCUT2D eigenvalue weighted by Crippen LogP contribution is 2.43. The number of hydrogen-bond donors (Lipinski definition) is 0. The Bertz CT molecular complexity index is 554. The van der Waals surface area contributed by atoms with Crippen molar-refractivity contribution in [2.45, 2.75) is 50.5 Å². The summed E-state index contributed by atoms with van der Waals surface area (Å²) in [5, 5.41) is 0. The van der Waals surface area contributed by atoms with E-state index in [-0.39, 0.29) is 36.0 Å². The summed E-state index contributed by atoms with van der Waals surface area (Å²) in [7, 11) is 4.42. The molecule has 0 bridgehead atoms. The van der Waals surface area contributed by atoms with Crippen LogP contribution in [0, 0.1) is 5.92 Å². The van der Waals surface area contributed by atoms with Crippen molar-refractivity contribution in [2.24, 2.45) is 5.92 Å². The van der Waals surface area contributed by atoms with Gasteiger partial charge in [0.1, 0.15) is 6.54 Å². The summed E-state index contributed by atoms with van der Waals surface area (Å²) in [6, 6.07) is 10.3. The van der Waals surface area contributed by atoms with Crippen LogP contribution in [0.15, 0.2) is 30.3 Å². The van der Waals surface area contributed by atoms with Crippen LogP contribution in [-0.4, -0.2) is 43.7 Å². The molecule has 0 spiro atoms. The SMILES string of the molecule is C[C@](C(=O)O[C@H]1CC[N+](C)(C)C1)(c1ccccc1)C1CCCC1.[I-]. The number of carbonyl (C=O) groups excluding carboxylic acids is 1. The molecule has 3 nitrogen and oxygen atoms in total. The van der Waals surface area contributed by atoms with Crippen LogP contribution in [0.25, 0.3) is 0 Å². The molecule has 2 aliphatic rings. The summed E-state index contributed by atoms with van der Waals surface area (Å²) in [6.07, 6.45) is 5.77. The van der Waals surface area contributed by atoms with Gasteiger partial charge in [-0.15, -0.1) is 0 Å². The normalized spacial score (nSPS) is 25.7. The molecule has 3 rings (SSSR count). The molecule has 1 saturated heterocycles. The molecule has 1 aliphatic carbocycles. The molecule has 2 atom stereocenters. The van der Waals surface area contributed by atoms with Gasteiger partial charge in [-0.1, -0.05) is 43.2 Å². The van der Waals surface area contributed by atoms with Gasteiger partial charge in [0.05, 0.1) is 26.1 Å². The van der Waals surface area contributed by atoms with Crippen LogP contribution in [-0.2, 0) is 14.9 Å². The van der Waals surface area contributed by atoms with E-state index < -0.39 is 5.41 Å². The van der Waals surface area contributed by atoms with Gasteiger partial charge in [0.25, 0.3) is 0 Å². The molecule has 24 heavy (non-hydrogen) atoms. The topological polar surface area (TPSA) is 26.3 Å². The van der Waals surface area contributed by atoms with E-state index >= 15 is 0 Å². The Morgan fingerprint density at radius 1 is 1.12 bits per heavy atom. The van der Waals surface area contributed by atoms with Crippen molar-refractivity contribution in [1.29, 1.82) is 0 Å². The van der Waals surface area contributed by atoms with Crippen molar-refractivity contribution >= 4 is 5.97 Å². The van der Waals surface area contributed by atoms with Gasteiger partial charge in [0.2, 0.25) is 0 Å². The second-order valence-electron chi connectivity index (χ2n) is 8.21. The Morgan fingerprint density at radius 3 is 2.29 bits per heavy atom. The molecular weight excluding hydrogens is 413 g/mol. The van der Waals surface area contributed by atoms with Crippen LogP contribution < -0.4 is 24.0 Å². The third-order valence-corrected chi connectivity index (χ3v) is 6.00. The second-order valence-corrected chi connectivity index (χ2v) is 8.21. The van der Waals surface area contributed by atoms with Crippen molar-refractivity contribution in [3.8, 4) is 0 Å². The minimum Gasteiger partial charge on any atom is -1.00 e. The average molecular weight is 443 g/mol. The third-order valence-electron chi connectivity index (χ3n) is 6.00. The molecular formula is C20H30INO2. The Morgan fingerprint density at radius 2 is 1.75 bits per heavy atom. The molecule has 0 N–H and O–H groups in total. The lowest BCUT2D eigenvalue weighted by molar-refractivity contribution is -0.879. The summed E-state index contributed by atoms with van der Waals surface area (Å²) in [4.78, 5) is 13.2. The fourth-order valence-electron chi connectivity index (χ4n) is 4.41. The first-order chi connectivity index (χ1) is 10.9. The van der Waals surface area contributed by atoms with E-state index in [2.05, 4.69) is 33.2 Å². The number of rotatable bonds is 4. The Balaban J connectivity index is 0.00000208. The first kappa shape index (κ1) is 19.7. The number of carbonyl (C=O) groups is 1. The van der Waals surface area contributed by atoms with Crippen LogP contribution in [0.4, 0.5) is 0 Å². The number of hydrogen-bond acceptors (Lipinski definition) is 2. The van der Waals surface area contributed by atoms with Gasteiger partial charge in [0.15, 0.2) is 6.10 Å². The zero-order valence-corrected chi connectivity index (χ0v) is 17.3. The van der Waals surface area contributed by atoms with Gasteiger partial charge in [-0.05, 0) is 31.2 Å². The summed E-state index contributed by atoms with van der Waals surface area (Å²) in [5.74, 6) is 0.392. The predicted molar refractivity (Wildman–Crippen MR) is 92.1 cm³/mol. The first-order valence-corrected chi connectivity index (χ1v) is 9.00. The molecule has 0 unspecified atom stereocenters. The Kier molecular flexibility index (Phi) is 6.35. The summed E-state index contributed by atoms with van der Waals surface area (Å²) in [6.45, 7) is 4.13. The van der Waals surface area contributed by atoms with E-state index in [0.717, 1.165) is 42.4 Å². The van der Waals surface area contributed by atoms with Crippen molar-refractivity contribution in [3.05, 3.63) is 35.9 Å². The van der Waals surface area contributed by atoms with E-state index in [1.807, 2.05) is 18.2 Å². The number of halogens is 1. The van der Waals surface area contributed by atoms with E-state index in [0.29, 0.717) is 5.92 Å². The highest BCUT2D eigenvalue weighted by atomic mass is 127. The van der Waals surface area contributed by atoms with Gasteiger partial charge in [-0.25, -0.2) is 0 Å². The van der Waals surface area contributed by atoms with E-state index in [1.54, 1.807) is 0 Å². The lowest BCUT2D eigenvalue weighted by atomic mass is 9.71. The zero-order chi connectivity index (χ0) is 16.5. The number of benzene rings is 1. The zero-order valence-electron chi connectivity index (χ0n) is 15.1. The molecule has 134 valence electrons. The first-order valence-electron chi connectivity index (χ1n) is 9.00. The monoisotopic (exact) mass is 443 g/mol. The van der Waals surface area contributed by atoms with E-state index in [4.69, 9.17) is 4.74 Å². The number of esters is 1. The molecule has 2 fully saturated rings. The maximum atomic E-state index is 13.2. The Labute approximate surface area is 163 Å². The lowest BCUT2D eigenvalue weighted by Crippen LogP contribution is -3.00. The minimum atomic E-state index is -0.502. The second kappa shape index (κ2) is 7.73. The van der Waals surface area contributed by atoms with Crippen molar-refractivity contribution in [1.82, 2.24) is 0 Å².